The fourth-order valence-corrected chi connectivity index (χ4v) is 5.57. The standard InChI is InChI=1S/C26H28N4O3/c1-16(17-7-4-3-5-8-17)28-25(32)23-20(15-31)22-14-30-21(24(23)29(22)2)11-10-19(26(30)33)18-9-6-12-27-13-18/h3-13,16,20,22-24,31H,14-15H2,1-2H3,(H,28,32)/t16-,20-,22-,23+,24+/m1/s1. The maximum atomic E-state index is 13.5. The Morgan fingerprint density at radius 2 is 1.97 bits per heavy atom. The molecule has 1 aromatic carbocycles. The number of carbonyl (C=O) groups excluding carboxylic acids is 1. The van der Waals surface area contributed by atoms with E-state index in [1.54, 1.807) is 17.0 Å². The first-order chi connectivity index (χ1) is 16.0. The van der Waals surface area contributed by atoms with Crippen LogP contribution in [0.3, 0.4) is 0 Å². The summed E-state index contributed by atoms with van der Waals surface area (Å²) >= 11 is 0. The molecule has 0 radical (unpaired) electrons. The predicted molar refractivity (Wildman–Crippen MR) is 125 cm³/mol. The Balaban J connectivity index is 1.51. The third-order valence-corrected chi connectivity index (χ3v) is 7.28. The summed E-state index contributed by atoms with van der Waals surface area (Å²) in [5.74, 6) is -0.806. The van der Waals surface area contributed by atoms with E-state index in [2.05, 4.69) is 15.2 Å². The van der Waals surface area contributed by atoms with Crippen molar-refractivity contribution in [2.45, 2.75) is 31.6 Å². The van der Waals surface area contributed by atoms with Crippen molar-refractivity contribution in [3.8, 4) is 11.1 Å². The summed E-state index contributed by atoms with van der Waals surface area (Å²) in [4.78, 5) is 33.2. The van der Waals surface area contributed by atoms with Crippen LogP contribution in [-0.2, 0) is 11.3 Å². The fourth-order valence-electron chi connectivity index (χ4n) is 5.57. The normalized spacial score (nSPS) is 24.8. The molecular weight excluding hydrogens is 416 g/mol. The zero-order chi connectivity index (χ0) is 23.1. The van der Waals surface area contributed by atoms with Gasteiger partial charge in [-0.05, 0) is 37.7 Å². The van der Waals surface area contributed by atoms with E-state index in [1.165, 1.54) is 0 Å². The van der Waals surface area contributed by atoms with Gasteiger partial charge in [0.1, 0.15) is 0 Å². The van der Waals surface area contributed by atoms with Gasteiger partial charge >= 0.3 is 0 Å². The van der Waals surface area contributed by atoms with Crippen molar-refractivity contribution in [2.75, 3.05) is 13.7 Å². The molecule has 3 aromatic rings. The summed E-state index contributed by atoms with van der Waals surface area (Å²) in [6.07, 6.45) is 3.37. The monoisotopic (exact) mass is 444 g/mol. The number of rotatable bonds is 5. The molecule has 2 N–H and O–H groups in total. The second-order valence-corrected chi connectivity index (χ2v) is 9.02. The van der Waals surface area contributed by atoms with E-state index >= 15 is 0 Å². The second-order valence-electron chi connectivity index (χ2n) is 9.02. The van der Waals surface area contributed by atoms with Crippen molar-refractivity contribution in [1.82, 2.24) is 19.8 Å². The Morgan fingerprint density at radius 3 is 2.67 bits per heavy atom. The zero-order valence-corrected chi connectivity index (χ0v) is 18.8. The van der Waals surface area contributed by atoms with Gasteiger partial charge in [-0.2, -0.15) is 0 Å². The first kappa shape index (κ1) is 21.6. The molecule has 2 bridgehead atoms. The molecule has 5 rings (SSSR count). The fraction of sp³-hybridized carbons (Fsp3) is 0.346. The smallest absolute Gasteiger partial charge is 0.258 e. The van der Waals surface area contributed by atoms with E-state index < -0.39 is 5.92 Å². The Hall–Kier alpha value is -3.29. The molecule has 1 fully saturated rings. The number of aliphatic hydroxyl groups is 1. The van der Waals surface area contributed by atoms with Crippen molar-refractivity contribution >= 4 is 5.91 Å². The number of hydrogen-bond acceptors (Lipinski definition) is 5. The topological polar surface area (TPSA) is 87.5 Å². The molecule has 0 aliphatic carbocycles. The van der Waals surface area contributed by atoms with Crippen LogP contribution in [0.5, 0.6) is 0 Å². The lowest BCUT2D eigenvalue weighted by molar-refractivity contribution is -0.128. The molecule has 5 atom stereocenters. The highest BCUT2D eigenvalue weighted by Gasteiger charge is 2.54. The molecule has 1 amide bonds. The summed E-state index contributed by atoms with van der Waals surface area (Å²) < 4.78 is 1.79. The number of nitrogens with zero attached hydrogens (tertiary/aromatic N) is 3. The number of nitrogens with one attached hydrogen (secondary N) is 1. The highest BCUT2D eigenvalue weighted by molar-refractivity contribution is 5.81. The van der Waals surface area contributed by atoms with Gasteiger partial charge in [0.15, 0.2) is 0 Å². The zero-order valence-electron chi connectivity index (χ0n) is 18.8. The lowest BCUT2D eigenvalue weighted by Gasteiger charge is -2.35. The van der Waals surface area contributed by atoms with E-state index in [9.17, 15) is 14.7 Å². The summed E-state index contributed by atoms with van der Waals surface area (Å²) in [6, 6.07) is 16.8. The highest BCUT2D eigenvalue weighted by Crippen LogP contribution is 2.47. The minimum absolute atomic E-state index is 0.0843. The van der Waals surface area contributed by atoms with Crippen LogP contribution in [0.1, 0.15) is 30.3 Å². The molecule has 0 saturated carbocycles. The van der Waals surface area contributed by atoms with Crippen molar-refractivity contribution in [1.29, 1.82) is 0 Å². The van der Waals surface area contributed by atoms with Crippen molar-refractivity contribution in [3.63, 3.8) is 0 Å². The van der Waals surface area contributed by atoms with Crippen LogP contribution in [0.15, 0.2) is 71.8 Å². The number of aliphatic hydroxyl groups excluding tert-OH is 1. The number of hydrogen-bond donors (Lipinski definition) is 2. The first-order valence-corrected chi connectivity index (χ1v) is 11.3. The molecule has 7 nitrogen and oxygen atoms in total. The van der Waals surface area contributed by atoms with Gasteiger partial charge in [-0.1, -0.05) is 36.4 Å². The first-order valence-electron chi connectivity index (χ1n) is 11.3. The van der Waals surface area contributed by atoms with Gasteiger partial charge in [0.25, 0.3) is 5.56 Å². The molecule has 33 heavy (non-hydrogen) atoms. The molecule has 4 heterocycles. The van der Waals surface area contributed by atoms with Gasteiger partial charge in [-0.3, -0.25) is 19.5 Å². The van der Waals surface area contributed by atoms with Crippen LogP contribution in [-0.4, -0.2) is 45.2 Å². The number of likely N-dealkylation sites (N-methyl/N-ethyl adjacent to an activating group) is 1. The van der Waals surface area contributed by atoms with Crippen LogP contribution in [0.4, 0.5) is 0 Å². The largest absolute Gasteiger partial charge is 0.396 e. The van der Waals surface area contributed by atoms with Gasteiger partial charge < -0.3 is 15.0 Å². The van der Waals surface area contributed by atoms with Crippen LogP contribution in [0, 0.1) is 11.8 Å². The van der Waals surface area contributed by atoms with Gasteiger partial charge in [0, 0.05) is 54.3 Å². The number of benzene rings is 1. The van der Waals surface area contributed by atoms with E-state index in [0.29, 0.717) is 12.1 Å². The van der Waals surface area contributed by atoms with E-state index in [4.69, 9.17) is 0 Å². The van der Waals surface area contributed by atoms with Gasteiger partial charge in [-0.25, -0.2) is 0 Å². The van der Waals surface area contributed by atoms with E-state index in [0.717, 1.165) is 16.8 Å². The third kappa shape index (κ3) is 3.57. The number of amides is 1. The minimum atomic E-state index is -0.450. The molecule has 170 valence electrons. The summed E-state index contributed by atoms with van der Waals surface area (Å²) in [7, 11) is 1.98. The van der Waals surface area contributed by atoms with Crippen LogP contribution in [0.25, 0.3) is 11.1 Å². The molecule has 0 spiro atoms. The Labute approximate surface area is 192 Å². The summed E-state index contributed by atoms with van der Waals surface area (Å²) in [5.41, 5.74) is 3.12. The van der Waals surface area contributed by atoms with Crippen molar-refractivity contribution < 1.29 is 9.90 Å². The van der Waals surface area contributed by atoms with Gasteiger partial charge in [0.05, 0.1) is 18.0 Å². The third-order valence-electron chi connectivity index (χ3n) is 7.28. The Bertz CT molecular complexity index is 1210. The molecular formula is C26H28N4O3. The van der Waals surface area contributed by atoms with E-state index in [-0.39, 0.29) is 42.1 Å². The minimum Gasteiger partial charge on any atom is -0.396 e. The molecule has 0 unspecified atom stereocenters. The lowest BCUT2D eigenvalue weighted by atomic mass is 9.86. The average Bonchev–Trinajstić information content (AvgIpc) is 3.02. The molecule has 2 aliphatic heterocycles. The molecule has 2 aliphatic rings. The maximum Gasteiger partial charge on any atom is 0.258 e. The van der Waals surface area contributed by atoms with Crippen molar-refractivity contribution in [2.24, 2.45) is 11.8 Å². The quantitative estimate of drug-likeness (QED) is 0.631. The number of pyridine rings is 2. The number of carbonyl (C=O) groups is 1. The lowest BCUT2D eigenvalue weighted by Crippen LogP contribution is -2.44. The molecule has 2 aromatic heterocycles. The molecule has 7 heteroatoms. The Kier molecular flexibility index (Phi) is 5.60. The number of fused-ring (bicyclic) bond motifs is 4. The highest BCUT2D eigenvalue weighted by atomic mass is 16.3. The molecule has 1 saturated heterocycles. The predicted octanol–water partition coefficient (Wildman–Crippen LogP) is 2.38. The second kappa shape index (κ2) is 8.57. The SMILES string of the molecule is C[C@@H](NC(=O)[C@H]1[C@H](CO)[C@H]2Cn3c(ccc(-c4cccnc4)c3=O)[C@@H]1N2C)c1ccccc1. The average molecular weight is 445 g/mol. The number of aromatic nitrogens is 2. The Morgan fingerprint density at radius 1 is 1.18 bits per heavy atom. The van der Waals surface area contributed by atoms with Gasteiger partial charge in [-0.15, -0.1) is 0 Å². The van der Waals surface area contributed by atoms with Crippen LogP contribution < -0.4 is 10.9 Å². The summed E-state index contributed by atoms with van der Waals surface area (Å²) in [6.45, 7) is 2.30. The van der Waals surface area contributed by atoms with Crippen LogP contribution in [0.2, 0.25) is 0 Å². The van der Waals surface area contributed by atoms with Gasteiger partial charge in [0.2, 0.25) is 5.91 Å². The maximum absolute atomic E-state index is 13.5. The van der Waals surface area contributed by atoms with Crippen molar-refractivity contribution in [3.05, 3.63) is 88.6 Å². The summed E-state index contributed by atoms with van der Waals surface area (Å²) in [5, 5.41) is 13.4. The van der Waals surface area contributed by atoms with E-state index in [1.807, 2.05) is 68.6 Å². The van der Waals surface area contributed by atoms with Crippen LogP contribution >= 0.6 is 0 Å².